The van der Waals surface area contributed by atoms with Gasteiger partial charge in [-0.05, 0) is 106 Å². The summed E-state index contributed by atoms with van der Waals surface area (Å²) < 4.78 is 0. The van der Waals surface area contributed by atoms with E-state index in [1.165, 1.54) is 39.0 Å². The van der Waals surface area contributed by atoms with Crippen LogP contribution in [0.25, 0.3) is 22.8 Å². The fourth-order valence-corrected chi connectivity index (χ4v) is 5.43. The largest absolute Gasteiger partial charge is 0.290 e. The normalized spacial score (nSPS) is 18.7. The Morgan fingerprint density at radius 3 is 2.47 bits per heavy atom. The number of nitrogens with one attached hydrogen (secondary N) is 1. The standard InChI is InChI=1S/C28H31NO2S/c1-7-19-9-8-18(14-25-26(30)29-27(31)32-25)13-22(19)21-15-23-20(16(2)3)10-11-28(5,6)24(23)12-17(21)4/h8-10,12-16H,7,11H2,1-6H3,(H,29,30,31). The lowest BCUT2D eigenvalue weighted by atomic mass is 9.70. The number of hydrogen-bond donors (Lipinski definition) is 1. The lowest BCUT2D eigenvalue weighted by Gasteiger charge is -2.34. The number of hydrogen-bond acceptors (Lipinski definition) is 3. The number of allylic oxidation sites excluding steroid dienone is 2. The zero-order valence-corrected chi connectivity index (χ0v) is 20.6. The van der Waals surface area contributed by atoms with Gasteiger partial charge in [0.05, 0.1) is 4.91 Å². The van der Waals surface area contributed by atoms with Crippen molar-refractivity contribution in [2.24, 2.45) is 5.92 Å². The Bertz CT molecular complexity index is 1180. The lowest BCUT2D eigenvalue weighted by molar-refractivity contribution is -0.115. The summed E-state index contributed by atoms with van der Waals surface area (Å²) in [7, 11) is 0. The number of rotatable bonds is 4. The number of imide groups is 1. The summed E-state index contributed by atoms with van der Waals surface area (Å²) >= 11 is 0.959. The highest BCUT2D eigenvalue weighted by atomic mass is 32.2. The van der Waals surface area contributed by atoms with E-state index in [1.807, 2.05) is 12.1 Å². The third-order valence-corrected chi connectivity index (χ3v) is 7.41. The van der Waals surface area contributed by atoms with E-state index in [0.29, 0.717) is 10.8 Å². The average molecular weight is 446 g/mol. The van der Waals surface area contributed by atoms with Gasteiger partial charge in [-0.2, -0.15) is 0 Å². The molecule has 166 valence electrons. The molecular formula is C28H31NO2S. The van der Waals surface area contributed by atoms with E-state index in [4.69, 9.17) is 0 Å². The van der Waals surface area contributed by atoms with Gasteiger partial charge in [-0.1, -0.05) is 58.9 Å². The molecule has 2 amide bonds. The first-order valence-corrected chi connectivity index (χ1v) is 12.2. The predicted molar refractivity (Wildman–Crippen MR) is 136 cm³/mol. The van der Waals surface area contributed by atoms with Crippen LogP contribution in [-0.4, -0.2) is 11.1 Å². The van der Waals surface area contributed by atoms with Crippen LogP contribution in [0.2, 0.25) is 0 Å². The molecule has 3 nitrogen and oxygen atoms in total. The first kappa shape index (κ1) is 22.6. The molecule has 2 aliphatic rings. The highest BCUT2D eigenvalue weighted by molar-refractivity contribution is 8.18. The minimum Gasteiger partial charge on any atom is -0.282 e. The maximum absolute atomic E-state index is 12.0. The van der Waals surface area contributed by atoms with Crippen LogP contribution in [-0.2, 0) is 16.6 Å². The van der Waals surface area contributed by atoms with E-state index in [9.17, 15) is 9.59 Å². The van der Waals surface area contributed by atoms with Gasteiger partial charge in [0.15, 0.2) is 0 Å². The van der Waals surface area contributed by atoms with Gasteiger partial charge < -0.3 is 0 Å². The molecule has 0 bridgehead atoms. The Kier molecular flexibility index (Phi) is 5.93. The molecule has 4 rings (SSSR count). The van der Waals surface area contributed by atoms with Crippen LogP contribution in [0.3, 0.4) is 0 Å². The molecule has 4 heteroatoms. The summed E-state index contributed by atoms with van der Waals surface area (Å²) in [6.45, 7) is 13.6. The smallest absolute Gasteiger partial charge is 0.282 e. The van der Waals surface area contributed by atoms with E-state index in [0.717, 1.165) is 30.2 Å². The predicted octanol–water partition coefficient (Wildman–Crippen LogP) is 7.27. The molecule has 2 aromatic rings. The van der Waals surface area contributed by atoms with Crippen molar-refractivity contribution in [1.29, 1.82) is 0 Å². The monoisotopic (exact) mass is 445 g/mol. The molecule has 0 saturated carbocycles. The quantitative estimate of drug-likeness (QED) is 0.503. The van der Waals surface area contributed by atoms with Crippen molar-refractivity contribution in [2.75, 3.05) is 0 Å². The molecule has 0 spiro atoms. The summed E-state index contributed by atoms with van der Waals surface area (Å²) in [6.07, 6.45) is 6.22. The van der Waals surface area contributed by atoms with E-state index >= 15 is 0 Å². The zero-order chi connectivity index (χ0) is 23.2. The van der Waals surface area contributed by atoms with Gasteiger partial charge in [0.2, 0.25) is 0 Å². The minimum absolute atomic E-state index is 0.121. The molecule has 1 N–H and O–H groups in total. The first-order chi connectivity index (χ1) is 15.1. The van der Waals surface area contributed by atoms with Crippen LogP contribution in [0.15, 0.2) is 41.3 Å². The SMILES string of the molecule is CCc1ccc(C=C2SC(=O)NC2=O)cc1-c1cc2c(cc1C)C(C)(C)CC=C2C(C)C. The third kappa shape index (κ3) is 4.09. The van der Waals surface area contributed by atoms with Crippen molar-refractivity contribution < 1.29 is 9.59 Å². The second kappa shape index (κ2) is 8.40. The third-order valence-electron chi connectivity index (χ3n) is 6.60. The summed E-state index contributed by atoms with van der Waals surface area (Å²) in [5, 5.41) is 2.02. The van der Waals surface area contributed by atoms with Crippen molar-refractivity contribution in [3.05, 3.63) is 69.1 Å². The molecule has 32 heavy (non-hydrogen) atoms. The first-order valence-electron chi connectivity index (χ1n) is 11.3. The zero-order valence-electron chi connectivity index (χ0n) is 19.8. The Morgan fingerprint density at radius 1 is 1.09 bits per heavy atom. The maximum Gasteiger partial charge on any atom is 0.290 e. The number of aryl methyl sites for hydroxylation is 2. The second-order valence-electron chi connectivity index (χ2n) is 9.74. The Balaban J connectivity index is 1.88. The van der Waals surface area contributed by atoms with Crippen molar-refractivity contribution in [3.63, 3.8) is 0 Å². The average Bonchev–Trinajstić information content (AvgIpc) is 3.04. The molecule has 1 heterocycles. The summed E-state index contributed by atoms with van der Waals surface area (Å²) in [4.78, 5) is 24.0. The van der Waals surface area contributed by atoms with Crippen molar-refractivity contribution >= 4 is 34.6 Å². The van der Waals surface area contributed by atoms with E-state index in [-0.39, 0.29) is 16.6 Å². The van der Waals surface area contributed by atoms with Gasteiger partial charge >= 0.3 is 0 Å². The van der Waals surface area contributed by atoms with Gasteiger partial charge in [-0.25, -0.2) is 0 Å². The number of thioether (sulfide) groups is 1. The topological polar surface area (TPSA) is 46.2 Å². The van der Waals surface area contributed by atoms with Crippen molar-refractivity contribution in [2.45, 2.75) is 59.8 Å². The number of carbonyl (C=O) groups is 2. The highest BCUT2D eigenvalue weighted by Gasteiger charge is 2.30. The van der Waals surface area contributed by atoms with Crippen LogP contribution in [0.1, 0.15) is 68.9 Å². The molecular weight excluding hydrogens is 414 g/mol. The number of benzene rings is 2. The van der Waals surface area contributed by atoms with Crippen LogP contribution >= 0.6 is 11.8 Å². The maximum atomic E-state index is 12.0. The van der Waals surface area contributed by atoms with Crippen LogP contribution < -0.4 is 5.32 Å². The molecule has 2 aromatic carbocycles. The van der Waals surface area contributed by atoms with Gasteiger partial charge in [0, 0.05) is 0 Å². The summed E-state index contributed by atoms with van der Waals surface area (Å²) in [5.41, 5.74) is 10.3. The molecule has 1 aliphatic heterocycles. The fourth-order valence-electron chi connectivity index (χ4n) is 4.74. The summed E-state index contributed by atoms with van der Waals surface area (Å²) in [6, 6.07) is 11.1. The molecule has 1 fully saturated rings. The van der Waals surface area contributed by atoms with E-state index in [1.54, 1.807) is 0 Å². The van der Waals surface area contributed by atoms with Gasteiger partial charge in [-0.3, -0.25) is 14.9 Å². The van der Waals surface area contributed by atoms with Crippen LogP contribution in [0.4, 0.5) is 4.79 Å². The molecule has 0 atom stereocenters. The molecule has 0 aromatic heterocycles. The van der Waals surface area contributed by atoms with Crippen molar-refractivity contribution in [1.82, 2.24) is 5.32 Å². The van der Waals surface area contributed by atoms with Crippen LogP contribution in [0, 0.1) is 12.8 Å². The van der Waals surface area contributed by atoms with Gasteiger partial charge in [0.25, 0.3) is 11.1 Å². The molecule has 0 radical (unpaired) electrons. The highest BCUT2D eigenvalue weighted by Crippen LogP contribution is 2.44. The van der Waals surface area contributed by atoms with Crippen molar-refractivity contribution in [3.8, 4) is 11.1 Å². The van der Waals surface area contributed by atoms with Crippen LogP contribution in [0.5, 0.6) is 0 Å². The minimum atomic E-state index is -0.319. The number of amides is 2. The molecule has 1 aliphatic carbocycles. The second-order valence-corrected chi connectivity index (χ2v) is 10.8. The number of fused-ring (bicyclic) bond motifs is 1. The lowest BCUT2D eigenvalue weighted by Crippen LogP contribution is -2.23. The Labute approximate surface area is 195 Å². The molecule has 0 unspecified atom stereocenters. The van der Waals surface area contributed by atoms with Gasteiger partial charge in [0.1, 0.15) is 0 Å². The van der Waals surface area contributed by atoms with E-state index < -0.39 is 0 Å². The molecule has 1 saturated heterocycles. The Hall–Kier alpha value is -2.59. The van der Waals surface area contributed by atoms with Gasteiger partial charge in [-0.15, -0.1) is 0 Å². The summed E-state index contributed by atoms with van der Waals surface area (Å²) in [5.74, 6) is 0.151. The van der Waals surface area contributed by atoms with E-state index in [2.05, 4.69) is 77.2 Å². The number of carbonyl (C=O) groups excluding carboxylic acids is 2. The Morgan fingerprint density at radius 2 is 1.84 bits per heavy atom. The fraction of sp³-hybridized carbons (Fsp3) is 0.357.